The Morgan fingerprint density at radius 2 is 1.92 bits per heavy atom. The quantitative estimate of drug-likeness (QED) is 0.752. The molecule has 0 fully saturated rings. The number of carbonyl (C=O) groups is 2. The zero-order chi connectivity index (χ0) is 17.8. The minimum Gasteiger partial charge on any atom is -0.345 e. The van der Waals surface area contributed by atoms with E-state index in [-0.39, 0.29) is 11.8 Å². The summed E-state index contributed by atoms with van der Waals surface area (Å²) >= 11 is 0. The number of fused-ring (bicyclic) bond motifs is 1. The Balaban J connectivity index is 1.61. The molecule has 25 heavy (non-hydrogen) atoms. The van der Waals surface area contributed by atoms with E-state index in [1.807, 2.05) is 24.3 Å². The normalized spacial score (nSPS) is 10.6. The molecule has 1 heterocycles. The number of aromatic nitrogens is 2. The first-order chi connectivity index (χ1) is 12.0. The van der Waals surface area contributed by atoms with Crippen LogP contribution in [0.1, 0.15) is 22.6 Å². The fourth-order valence-corrected chi connectivity index (χ4v) is 2.57. The fourth-order valence-electron chi connectivity index (χ4n) is 2.57. The maximum Gasteiger partial charge on any atom is 0.253 e. The van der Waals surface area contributed by atoms with Crippen LogP contribution in [0.3, 0.4) is 0 Å². The van der Waals surface area contributed by atoms with Gasteiger partial charge in [0.25, 0.3) is 5.91 Å². The molecule has 0 aliphatic rings. The summed E-state index contributed by atoms with van der Waals surface area (Å²) in [6, 6.07) is 14.7. The molecule has 128 valence electrons. The number of anilines is 1. The van der Waals surface area contributed by atoms with Gasteiger partial charge in [-0.15, -0.1) is 0 Å². The molecule has 2 aromatic carbocycles. The number of aromatic amines is 1. The van der Waals surface area contributed by atoms with E-state index in [0.29, 0.717) is 24.1 Å². The number of benzene rings is 2. The van der Waals surface area contributed by atoms with Gasteiger partial charge in [-0.2, -0.15) is 0 Å². The van der Waals surface area contributed by atoms with Crippen LogP contribution in [0.15, 0.2) is 48.5 Å². The third-order valence-electron chi connectivity index (χ3n) is 3.83. The Hall–Kier alpha value is -3.15. The molecule has 0 saturated carbocycles. The van der Waals surface area contributed by atoms with Gasteiger partial charge in [-0.05, 0) is 30.3 Å². The molecule has 3 aromatic rings. The lowest BCUT2D eigenvalue weighted by Crippen LogP contribution is -2.22. The van der Waals surface area contributed by atoms with Crippen molar-refractivity contribution < 1.29 is 9.59 Å². The Labute approximate surface area is 145 Å². The highest BCUT2D eigenvalue weighted by Crippen LogP contribution is 2.14. The number of nitrogens with one attached hydrogen (secondary N) is 2. The van der Waals surface area contributed by atoms with Crippen molar-refractivity contribution in [2.45, 2.75) is 12.8 Å². The van der Waals surface area contributed by atoms with E-state index in [0.717, 1.165) is 16.9 Å². The molecule has 0 atom stereocenters. The summed E-state index contributed by atoms with van der Waals surface area (Å²) in [5.74, 6) is 0.571. The van der Waals surface area contributed by atoms with E-state index in [9.17, 15) is 9.59 Å². The van der Waals surface area contributed by atoms with Gasteiger partial charge in [-0.3, -0.25) is 9.59 Å². The molecule has 0 aliphatic carbocycles. The monoisotopic (exact) mass is 336 g/mol. The molecule has 6 heteroatoms. The number of hydrogen-bond acceptors (Lipinski definition) is 3. The first-order valence-corrected chi connectivity index (χ1v) is 8.08. The fraction of sp³-hybridized carbons (Fsp3) is 0.211. The number of nitrogens with zero attached hydrogens (tertiary/aromatic N) is 2. The molecule has 0 radical (unpaired) electrons. The number of aryl methyl sites for hydroxylation is 1. The Morgan fingerprint density at radius 3 is 2.68 bits per heavy atom. The summed E-state index contributed by atoms with van der Waals surface area (Å²) in [5.41, 5.74) is 3.02. The number of para-hydroxylation sites is 2. The second kappa shape index (κ2) is 7.17. The second-order valence-electron chi connectivity index (χ2n) is 6.03. The molecule has 3 rings (SSSR count). The van der Waals surface area contributed by atoms with Crippen LogP contribution >= 0.6 is 0 Å². The van der Waals surface area contributed by atoms with Gasteiger partial charge in [0.15, 0.2) is 0 Å². The highest BCUT2D eigenvalue weighted by molar-refractivity contribution is 5.97. The lowest BCUT2D eigenvalue weighted by molar-refractivity contribution is -0.116. The van der Waals surface area contributed by atoms with Crippen molar-refractivity contribution in [1.29, 1.82) is 0 Å². The van der Waals surface area contributed by atoms with Gasteiger partial charge in [-0.1, -0.05) is 18.2 Å². The van der Waals surface area contributed by atoms with Gasteiger partial charge in [0.05, 0.1) is 11.0 Å². The van der Waals surface area contributed by atoms with Crippen molar-refractivity contribution in [3.63, 3.8) is 0 Å². The molecule has 0 saturated heterocycles. The first-order valence-electron chi connectivity index (χ1n) is 8.08. The molecule has 2 amide bonds. The standard InChI is InChI=1S/C19H20N4O2/c1-23(2)19(25)13-6-5-7-14(12-13)20-18(24)11-10-17-21-15-8-3-4-9-16(15)22-17/h3-9,12H,10-11H2,1-2H3,(H,20,24)(H,21,22). The summed E-state index contributed by atoms with van der Waals surface area (Å²) in [6.45, 7) is 0. The topological polar surface area (TPSA) is 78.1 Å². The average molecular weight is 336 g/mol. The highest BCUT2D eigenvalue weighted by atomic mass is 16.2. The van der Waals surface area contributed by atoms with Crippen molar-refractivity contribution in [2.24, 2.45) is 0 Å². The molecule has 0 unspecified atom stereocenters. The average Bonchev–Trinajstić information content (AvgIpc) is 3.02. The van der Waals surface area contributed by atoms with Crippen LogP contribution in [0.2, 0.25) is 0 Å². The zero-order valence-electron chi connectivity index (χ0n) is 14.2. The Bertz CT molecular complexity index is 881. The van der Waals surface area contributed by atoms with Crippen molar-refractivity contribution in [1.82, 2.24) is 14.9 Å². The Kier molecular flexibility index (Phi) is 4.79. The van der Waals surface area contributed by atoms with Gasteiger partial charge in [-0.25, -0.2) is 4.98 Å². The van der Waals surface area contributed by atoms with E-state index in [4.69, 9.17) is 0 Å². The van der Waals surface area contributed by atoms with Gasteiger partial charge in [0, 0.05) is 38.2 Å². The van der Waals surface area contributed by atoms with Gasteiger partial charge >= 0.3 is 0 Å². The first kappa shape index (κ1) is 16.7. The summed E-state index contributed by atoms with van der Waals surface area (Å²) < 4.78 is 0. The predicted octanol–water partition coefficient (Wildman–Crippen LogP) is 2.84. The lowest BCUT2D eigenvalue weighted by Gasteiger charge is -2.11. The van der Waals surface area contributed by atoms with E-state index in [1.54, 1.807) is 38.4 Å². The molecule has 0 bridgehead atoms. The minimum atomic E-state index is -0.116. The smallest absolute Gasteiger partial charge is 0.253 e. The van der Waals surface area contributed by atoms with Crippen LogP contribution in [-0.2, 0) is 11.2 Å². The third kappa shape index (κ3) is 4.03. The molecule has 0 aliphatic heterocycles. The number of imidazole rings is 1. The molecular weight excluding hydrogens is 316 g/mol. The summed E-state index contributed by atoms with van der Waals surface area (Å²) in [5, 5.41) is 2.83. The SMILES string of the molecule is CN(C)C(=O)c1cccc(NC(=O)CCc2nc3ccccc3[nH]2)c1. The van der Waals surface area contributed by atoms with Gasteiger partial charge in [0.1, 0.15) is 5.82 Å². The number of carbonyl (C=O) groups excluding carboxylic acids is 2. The van der Waals surface area contributed by atoms with Crippen LogP contribution in [-0.4, -0.2) is 40.8 Å². The third-order valence-corrected chi connectivity index (χ3v) is 3.83. The number of hydrogen-bond donors (Lipinski definition) is 2. The maximum atomic E-state index is 12.2. The van der Waals surface area contributed by atoms with E-state index in [1.165, 1.54) is 4.90 Å². The van der Waals surface area contributed by atoms with Gasteiger partial charge in [0.2, 0.25) is 5.91 Å². The van der Waals surface area contributed by atoms with Crippen LogP contribution in [0.4, 0.5) is 5.69 Å². The molecular formula is C19H20N4O2. The van der Waals surface area contributed by atoms with Gasteiger partial charge < -0.3 is 15.2 Å². The zero-order valence-corrected chi connectivity index (χ0v) is 14.2. The minimum absolute atomic E-state index is 0.0987. The predicted molar refractivity (Wildman–Crippen MR) is 97.5 cm³/mol. The largest absolute Gasteiger partial charge is 0.345 e. The maximum absolute atomic E-state index is 12.2. The van der Waals surface area contributed by atoms with E-state index < -0.39 is 0 Å². The Morgan fingerprint density at radius 1 is 1.12 bits per heavy atom. The summed E-state index contributed by atoms with van der Waals surface area (Å²) in [6.07, 6.45) is 0.836. The molecule has 2 N–H and O–H groups in total. The van der Waals surface area contributed by atoms with Crippen LogP contribution in [0.5, 0.6) is 0 Å². The van der Waals surface area contributed by atoms with Crippen LogP contribution in [0, 0.1) is 0 Å². The highest BCUT2D eigenvalue weighted by Gasteiger charge is 2.10. The molecule has 0 spiro atoms. The second-order valence-corrected chi connectivity index (χ2v) is 6.03. The lowest BCUT2D eigenvalue weighted by atomic mass is 10.1. The number of rotatable bonds is 5. The number of H-pyrrole nitrogens is 1. The van der Waals surface area contributed by atoms with Crippen molar-refractivity contribution in [3.05, 3.63) is 59.9 Å². The molecule has 1 aromatic heterocycles. The number of amides is 2. The van der Waals surface area contributed by atoms with Crippen molar-refractivity contribution in [3.8, 4) is 0 Å². The molecule has 6 nitrogen and oxygen atoms in total. The van der Waals surface area contributed by atoms with Crippen LogP contribution in [0.25, 0.3) is 11.0 Å². The van der Waals surface area contributed by atoms with E-state index >= 15 is 0 Å². The summed E-state index contributed by atoms with van der Waals surface area (Å²) in [4.78, 5) is 33.3. The van der Waals surface area contributed by atoms with Crippen molar-refractivity contribution >= 4 is 28.5 Å². The van der Waals surface area contributed by atoms with Crippen LogP contribution < -0.4 is 5.32 Å². The van der Waals surface area contributed by atoms with E-state index in [2.05, 4.69) is 15.3 Å². The van der Waals surface area contributed by atoms with Crippen molar-refractivity contribution in [2.75, 3.05) is 19.4 Å². The summed E-state index contributed by atoms with van der Waals surface area (Å²) in [7, 11) is 3.39.